The van der Waals surface area contributed by atoms with E-state index in [1.54, 1.807) is 0 Å². The zero-order chi connectivity index (χ0) is 6.85. The molecule has 1 fully saturated rings. The van der Waals surface area contributed by atoms with E-state index >= 15 is 0 Å². The van der Waals surface area contributed by atoms with E-state index < -0.39 is 0 Å². The van der Waals surface area contributed by atoms with Crippen molar-refractivity contribution in [3.8, 4) is 0 Å². The van der Waals surface area contributed by atoms with E-state index in [1.165, 1.54) is 0 Å². The second-order valence-electron chi connectivity index (χ2n) is 2.93. The van der Waals surface area contributed by atoms with Crippen LogP contribution in [0.25, 0.3) is 0 Å². The Balaban J connectivity index is 2.17. The van der Waals surface area contributed by atoms with Gasteiger partial charge in [-0.15, -0.1) is 0 Å². The van der Waals surface area contributed by atoms with Crippen molar-refractivity contribution in [2.45, 2.75) is 26.3 Å². The molecule has 1 heterocycles. The van der Waals surface area contributed by atoms with Crippen LogP contribution in [0.1, 0.15) is 20.3 Å². The number of nitrogens with one attached hydrogen (secondary N) is 1. The summed E-state index contributed by atoms with van der Waals surface area (Å²) in [5, 5.41) is 3.10. The number of hydrogen-bond donors (Lipinski definition) is 1. The predicted molar refractivity (Wildman–Crippen MR) is 36.3 cm³/mol. The van der Waals surface area contributed by atoms with E-state index in [1.807, 2.05) is 13.8 Å². The van der Waals surface area contributed by atoms with Crippen LogP contribution in [-0.4, -0.2) is 18.4 Å². The summed E-state index contributed by atoms with van der Waals surface area (Å²) >= 11 is 0. The fourth-order valence-corrected chi connectivity index (χ4v) is 0.706. The number of ketones is 1. The highest BCUT2D eigenvalue weighted by Gasteiger charge is 2.23. The van der Waals surface area contributed by atoms with Gasteiger partial charge in [-0.2, -0.15) is 0 Å². The van der Waals surface area contributed by atoms with Crippen molar-refractivity contribution < 1.29 is 4.79 Å². The lowest BCUT2D eigenvalue weighted by atomic mass is 10.1. The first-order valence-electron chi connectivity index (χ1n) is 3.46. The number of carbonyl (C=O) groups excluding carboxylic acids is 1. The van der Waals surface area contributed by atoms with Crippen LogP contribution in [-0.2, 0) is 4.79 Å². The molecule has 1 rings (SSSR count). The Morgan fingerprint density at radius 3 is 2.67 bits per heavy atom. The monoisotopic (exact) mass is 127 g/mol. The van der Waals surface area contributed by atoms with Crippen LogP contribution < -0.4 is 5.32 Å². The van der Waals surface area contributed by atoms with Gasteiger partial charge in [0.05, 0.1) is 0 Å². The van der Waals surface area contributed by atoms with E-state index in [4.69, 9.17) is 0 Å². The maximum atomic E-state index is 11.0. The van der Waals surface area contributed by atoms with Crippen LogP contribution in [0, 0.1) is 5.92 Å². The van der Waals surface area contributed by atoms with Crippen LogP contribution in [0.15, 0.2) is 0 Å². The molecule has 0 saturated carbocycles. The number of hydrogen-bond acceptors (Lipinski definition) is 2. The average molecular weight is 127 g/mol. The molecule has 0 bridgehead atoms. The standard InChI is InChI=1S/C7H13NO/c1-5(2)7(9)3-6-4-8-6/h5-6,8H,3-4H2,1-2H3. The molecule has 1 aliphatic rings. The highest BCUT2D eigenvalue weighted by molar-refractivity contribution is 5.81. The average Bonchev–Trinajstić information content (AvgIpc) is 2.50. The van der Waals surface area contributed by atoms with Crippen molar-refractivity contribution >= 4 is 5.78 Å². The molecule has 0 aromatic heterocycles. The molecule has 0 aromatic rings. The van der Waals surface area contributed by atoms with Gasteiger partial charge in [0.2, 0.25) is 0 Å². The third kappa shape index (κ3) is 2.14. The Kier molecular flexibility index (Phi) is 1.86. The topological polar surface area (TPSA) is 39.0 Å². The van der Waals surface area contributed by atoms with E-state index in [2.05, 4.69) is 5.32 Å². The molecule has 2 nitrogen and oxygen atoms in total. The largest absolute Gasteiger partial charge is 0.311 e. The van der Waals surface area contributed by atoms with Gasteiger partial charge >= 0.3 is 0 Å². The smallest absolute Gasteiger partial charge is 0.137 e. The van der Waals surface area contributed by atoms with Gasteiger partial charge in [-0.3, -0.25) is 4.79 Å². The van der Waals surface area contributed by atoms with Crippen molar-refractivity contribution in [2.75, 3.05) is 6.54 Å². The Hall–Kier alpha value is -0.370. The van der Waals surface area contributed by atoms with E-state index in [0.717, 1.165) is 13.0 Å². The minimum atomic E-state index is 0.215. The molecule has 1 N–H and O–H groups in total. The molecular weight excluding hydrogens is 114 g/mol. The summed E-state index contributed by atoms with van der Waals surface area (Å²) in [4.78, 5) is 11.0. The van der Waals surface area contributed by atoms with Crippen molar-refractivity contribution in [1.29, 1.82) is 0 Å². The lowest BCUT2D eigenvalue weighted by Gasteiger charge is -1.99. The van der Waals surface area contributed by atoms with Gasteiger partial charge in [0.1, 0.15) is 5.78 Å². The number of carbonyl (C=O) groups is 1. The fraction of sp³-hybridized carbons (Fsp3) is 0.857. The maximum absolute atomic E-state index is 11.0. The summed E-state index contributed by atoms with van der Waals surface area (Å²) < 4.78 is 0. The molecular formula is C7H13NO. The lowest BCUT2D eigenvalue weighted by Crippen LogP contribution is -2.10. The van der Waals surface area contributed by atoms with Crippen LogP contribution in [0.3, 0.4) is 0 Å². The molecule has 1 aliphatic heterocycles. The van der Waals surface area contributed by atoms with Crippen LogP contribution in [0.4, 0.5) is 0 Å². The molecule has 1 unspecified atom stereocenters. The third-order valence-electron chi connectivity index (χ3n) is 1.58. The zero-order valence-electron chi connectivity index (χ0n) is 5.98. The molecule has 9 heavy (non-hydrogen) atoms. The maximum Gasteiger partial charge on any atom is 0.137 e. The summed E-state index contributed by atoms with van der Waals surface area (Å²) in [6.07, 6.45) is 0.734. The highest BCUT2D eigenvalue weighted by atomic mass is 16.1. The van der Waals surface area contributed by atoms with E-state index in [0.29, 0.717) is 11.8 Å². The number of rotatable bonds is 3. The van der Waals surface area contributed by atoms with Gasteiger partial charge in [-0.1, -0.05) is 13.8 Å². The van der Waals surface area contributed by atoms with Crippen LogP contribution >= 0.6 is 0 Å². The molecule has 1 atom stereocenters. The van der Waals surface area contributed by atoms with Crippen molar-refractivity contribution in [1.82, 2.24) is 5.32 Å². The minimum absolute atomic E-state index is 0.215. The Morgan fingerprint density at radius 1 is 1.78 bits per heavy atom. The first kappa shape index (κ1) is 6.75. The first-order chi connectivity index (χ1) is 4.20. The van der Waals surface area contributed by atoms with Gasteiger partial charge in [0, 0.05) is 24.9 Å². The van der Waals surface area contributed by atoms with Crippen molar-refractivity contribution in [3.05, 3.63) is 0 Å². The molecule has 2 heteroatoms. The molecule has 0 spiro atoms. The van der Waals surface area contributed by atoms with Crippen LogP contribution in [0.2, 0.25) is 0 Å². The fourth-order valence-electron chi connectivity index (χ4n) is 0.706. The summed E-state index contributed by atoms with van der Waals surface area (Å²) in [7, 11) is 0. The summed E-state index contributed by atoms with van der Waals surface area (Å²) in [6, 6.07) is 0.514. The molecule has 0 amide bonds. The van der Waals surface area contributed by atoms with Crippen LogP contribution in [0.5, 0.6) is 0 Å². The molecule has 0 aromatic carbocycles. The summed E-state index contributed by atoms with van der Waals surface area (Å²) in [6.45, 7) is 4.94. The third-order valence-corrected chi connectivity index (χ3v) is 1.58. The Bertz CT molecular complexity index is 116. The summed E-state index contributed by atoms with van der Waals surface area (Å²) in [5.41, 5.74) is 0. The van der Waals surface area contributed by atoms with E-state index in [-0.39, 0.29) is 5.92 Å². The normalized spacial score (nSPS) is 24.6. The van der Waals surface area contributed by atoms with Gasteiger partial charge in [0.15, 0.2) is 0 Å². The summed E-state index contributed by atoms with van der Waals surface area (Å²) in [5.74, 6) is 0.595. The van der Waals surface area contributed by atoms with E-state index in [9.17, 15) is 4.79 Å². The lowest BCUT2D eigenvalue weighted by molar-refractivity contribution is -0.121. The Labute approximate surface area is 55.6 Å². The van der Waals surface area contributed by atoms with Gasteiger partial charge in [-0.05, 0) is 0 Å². The minimum Gasteiger partial charge on any atom is -0.311 e. The molecule has 1 saturated heterocycles. The van der Waals surface area contributed by atoms with Gasteiger partial charge in [0.25, 0.3) is 0 Å². The molecule has 52 valence electrons. The van der Waals surface area contributed by atoms with Gasteiger partial charge in [-0.25, -0.2) is 0 Å². The Morgan fingerprint density at radius 2 is 2.33 bits per heavy atom. The molecule has 0 aliphatic carbocycles. The second kappa shape index (κ2) is 2.48. The number of Topliss-reactive ketones (excluding diaryl/α,β-unsaturated/α-hetero) is 1. The van der Waals surface area contributed by atoms with Gasteiger partial charge < -0.3 is 5.32 Å². The van der Waals surface area contributed by atoms with Crippen molar-refractivity contribution in [2.24, 2.45) is 5.92 Å². The zero-order valence-corrected chi connectivity index (χ0v) is 5.98. The van der Waals surface area contributed by atoms with Crippen molar-refractivity contribution in [3.63, 3.8) is 0 Å². The first-order valence-corrected chi connectivity index (χ1v) is 3.46. The SMILES string of the molecule is CC(C)C(=O)CC1CN1. The quantitative estimate of drug-likeness (QED) is 0.563. The highest BCUT2D eigenvalue weighted by Crippen LogP contribution is 2.07. The second-order valence-corrected chi connectivity index (χ2v) is 2.93. The predicted octanol–water partition coefficient (Wildman–Crippen LogP) is 0.573. The molecule has 0 radical (unpaired) electrons.